The molecular formula is C18H35N3O2. The molecule has 2 fully saturated rings. The molecule has 0 atom stereocenters. The van der Waals surface area contributed by atoms with Gasteiger partial charge >= 0.3 is 6.09 Å². The van der Waals surface area contributed by atoms with Gasteiger partial charge in [0.1, 0.15) is 5.60 Å². The number of ether oxygens (including phenoxy) is 1. The zero-order valence-electron chi connectivity index (χ0n) is 15.6. The highest BCUT2D eigenvalue weighted by Gasteiger charge is 2.35. The summed E-state index contributed by atoms with van der Waals surface area (Å²) in [5, 5.41) is 3.64. The highest BCUT2D eigenvalue weighted by molar-refractivity contribution is 5.69. The van der Waals surface area contributed by atoms with E-state index >= 15 is 0 Å². The summed E-state index contributed by atoms with van der Waals surface area (Å²) in [6.07, 6.45) is 4.48. The van der Waals surface area contributed by atoms with Crippen LogP contribution in [-0.2, 0) is 4.74 Å². The maximum absolute atomic E-state index is 12.3. The lowest BCUT2D eigenvalue weighted by atomic mass is 10.0. The number of carbonyl (C=O) groups excluding carboxylic acids is 1. The second-order valence-corrected chi connectivity index (χ2v) is 8.26. The highest BCUT2D eigenvalue weighted by Crippen LogP contribution is 2.28. The van der Waals surface area contributed by atoms with Crippen molar-refractivity contribution in [2.75, 3.05) is 26.2 Å². The zero-order valence-corrected chi connectivity index (χ0v) is 15.6. The van der Waals surface area contributed by atoms with Crippen LogP contribution in [0.3, 0.4) is 0 Å². The number of piperidine rings is 1. The molecule has 0 bridgehead atoms. The number of nitrogens with zero attached hydrogens (tertiary/aromatic N) is 2. The molecule has 2 rings (SSSR count). The molecule has 0 unspecified atom stereocenters. The zero-order chi connectivity index (χ0) is 17.0. The first-order chi connectivity index (χ1) is 10.8. The molecule has 1 saturated heterocycles. The number of rotatable bonds is 6. The Bertz CT molecular complexity index is 380. The van der Waals surface area contributed by atoms with Crippen LogP contribution in [0.2, 0.25) is 0 Å². The van der Waals surface area contributed by atoms with Crippen LogP contribution in [0, 0.1) is 0 Å². The lowest BCUT2D eigenvalue weighted by molar-refractivity contribution is 0.0233. The predicted octanol–water partition coefficient (Wildman–Crippen LogP) is 2.85. The van der Waals surface area contributed by atoms with Crippen LogP contribution in [0.25, 0.3) is 0 Å². The van der Waals surface area contributed by atoms with Crippen molar-refractivity contribution in [3.05, 3.63) is 0 Å². The van der Waals surface area contributed by atoms with Gasteiger partial charge in [0.25, 0.3) is 0 Å². The number of hydrogen-bond donors (Lipinski definition) is 1. The number of carbonyl (C=O) groups is 1. The third kappa shape index (κ3) is 6.30. The molecule has 0 radical (unpaired) electrons. The topological polar surface area (TPSA) is 44.8 Å². The van der Waals surface area contributed by atoms with Crippen LogP contribution in [-0.4, -0.2) is 65.8 Å². The first-order valence-electron chi connectivity index (χ1n) is 9.23. The van der Waals surface area contributed by atoms with E-state index in [2.05, 4.69) is 24.1 Å². The molecule has 1 aliphatic carbocycles. The number of amides is 1. The molecule has 1 heterocycles. The quantitative estimate of drug-likeness (QED) is 0.815. The summed E-state index contributed by atoms with van der Waals surface area (Å²) in [7, 11) is 0. The average Bonchev–Trinajstić information content (AvgIpc) is 3.26. The molecule has 1 amide bonds. The molecule has 5 heteroatoms. The fourth-order valence-corrected chi connectivity index (χ4v) is 3.14. The maximum atomic E-state index is 12.3. The van der Waals surface area contributed by atoms with E-state index in [1.54, 1.807) is 0 Å². The molecule has 0 spiro atoms. The Morgan fingerprint density at radius 2 is 1.83 bits per heavy atom. The van der Waals surface area contributed by atoms with Gasteiger partial charge in [-0.3, -0.25) is 0 Å². The minimum absolute atomic E-state index is 0.156. The third-order valence-corrected chi connectivity index (χ3v) is 4.66. The van der Waals surface area contributed by atoms with Gasteiger partial charge in [-0.15, -0.1) is 0 Å². The summed E-state index contributed by atoms with van der Waals surface area (Å²) >= 11 is 0. The van der Waals surface area contributed by atoms with Crippen LogP contribution < -0.4 is 5.32 Å². The molecule has 1 saturated carbocycles. The van der Waals surface area contributed by atoms with Gasteiger partial charge in [-0.2, -0.15) is 0 Å². The third-order valence-electron chi connectivity index (χ3n) is 4.66. The van der Waals surface area contributed by atoms with Gasteiger partial charge in [-0.05, 0) is 73.4 Å². The van der Waals surface area contributed by atoms with E-state index in [9.17, 15) is 4.79 Å². The Hall–Kier alpha value is -0.810. The minimum Gasteiger partial charge on any atom is -0.444 e. The SMILES string of the molecule is CC(C)N1CCC(NCCN(C(=O)OC(C)(C)C)C2CC2)CC1. The highest BCUT2D eigenvalue weighted by atomic mass is 16.6. The van der Waals surface area contributed by atoms with Crippen molar-refractivity contribution in [1.29, 1.82) is 0 Å². The van der Waals surface area contributed by atoms with Crippen molar-refractivity contribution in [1.82, 2.24) is 15.1 Å². The van der Waals surface area contributed by atoms with Gasteiger partial charge in [0, 0.05) is 31.2 Å². The van der Waals surface area contributed by atoms with Gasteiger partial charge in [0.2, 0.25) is 0 Å². The molecule has 1 aliphatic heterocycles. The Morgan fingerprint density at radius 1 is 1.22 bits per heavy atom. The lowest BCUT2D eigenvalue weighted by Crippen LogP contribution is -2.47. The predicted molar refractivity (Wildman–Crippen MR) is 93.7 cm³/mol. The molecule has 1 N–H and O–H groups in total. The first-order valence-corrected chi connectivity index (χ1v) is 9.23. The largest absolute Gasteiger partial charge is 0.444 e. The molecule has 5 nitrogen and oxygen atoms in total. The van der Waals surface area contributed by atoms with E-state index in [1.807, 2.05) is 25.7 Å². The second-order valence-electron chi connectivity index (χ2n) is 8.26. The van der Waals surface area contributed by atoms with Crippen molar-refractivity contribution >= 4 is 6.09 Å². The fraction of sp³-hybridized carbons (Fsp3) is 0.944. The minimum atomic E-state index is -0.415. The van der Waals surface area contributed by atoms with Gasteiger partial charge in [-0.1, -0.05) is 0 Å². The monoisotopic (exact) mass is 325 g/mol. The molecule has 0 aromatic rings. The van der Waals surface area contributed by atoms with Gasteiger partial charge in [-0.25, -0.2) is 4.79 Å². The maximum Gasteiger partial charge on any atom is 0.410 e. The normalized spacial score (nSPS) is 20.8. The standard InChI is InChI=1S/C18H35N3O2/c1-14(2)20-11-8-15(9-12-20)19-10-13-21(16-6-7-16)17(22)23-18(3,4)5/h14-16,19H,6-13H2,1-5H3. The van der Waals surface area contributed by atoms with E-state index in [-0.39, 0.29) is 6.09 Å². The van der Waals surface area contributed by atoms with Crippen molar-refractivity contribution in [3.8, 4) is 0 Å². The molecule has 2 aliphatic rings. The summed E-state index contributed by atoms with van der Waals surface area (Å²) in [4.78, 5) is 16.8. The van der Waals surface area contributed by atoms with E-state index in [0.29, 0.717) is 18.1 Å². The van der Waals surface area contributed by atoms with Crippen molar-refractivity contribution in [3.63, 3.8) is 0 Å². The average molecular weight is 325 g/mol. The summed E-state index contributed by atoms with van der Waals surface area (Å²) < 4.78 is 5.54. The summed E-state index contributed by atoms with van der Waals surface area (Å²) in [5.74, 6) is 0. The number of hydrogen-bond acceptors (Lipinski definition) is 4. The summed E-state index contributed by atoms with van der Waals surface area (Å²) in [6.45, 7) is 14.3. The van der Waals surface area contributed by atoms with E-state index in [4.69, 9.17) is 4.74 Å². The number of likely N-dealkylation sites (tertiary alicyclic amines) is 1. The van der Waals surface area contributed by atoms with Crippen LogP contribution >= 0.6 is 0 Å². The van der Waals surface area contributed by atoms with Crippen molar-refractivity contribution < 1.29 is 9.53 Å². The number of nitrogens with one attached hydrogen (secondary N) is 1. The van der Waals surface area contributed by atoms with Crippen LogP contribution in [0.4, 0.5) is 4.79 Å². The first kappa shape index (κ1) is 18.5. The van der Waals surface area contributed by atoms with Crippen molar-refractivity contribution in [2.45, 2.75) is 84.0 Å². The van der Waals surface area contributed by atoms with Gasteiger partial charge in [0.05, 0.1) is 0 Å². The Kier molecular flexibility index (Phi) is 6.32. The van der Waals surface area contributed by atoms with E-state index in [0.717, 1.165) is 25.9 Å². The summed E-state index contributed by atoms with van der Waals surface area (Å²) in [5.41, 5.74) is -0.415. The lowest BCUT2D eigenvalue weighted by Gasteiger charge is -2.35. The molecule has 23 heavy (non-hydrogen) atoms. The van der Waals surface area contributed by atoms with E-state index < -0.39 is 5.60 Å². The Balaban J connectivity index is 1.70. The molecule has 0 aromatic heterocycles. The molecule has 0 aromatic carbocycles. The van der Waals surface area contributed by atoms with Gasteiger partial charge < -0.3 is 19.9 Å². The fourth-order valence-electron chi connectivity index (χ4n) is 3.14. The van der Waals surface area contributed by atoms with E-state index in [1.165, 1.54) is 25.9 Å². The van der Waals surface area contributed by atoms with Crippen LogP contribution in [0.1, 0.15) is 60.3 Å². The van der Waals surface area contributed by atoms with Crippen molar-refractivity contribution in [2.24, 2.45) is 0 Å². The Morgan fingerprint density at radius 3 is 2.30 bits per heavy atom. The van der Waals surface area contributed by atoms with Gasteiger partial charge in [0.15, 0.2) is 0 Å². The van der Waals surface area contributed by atoms with Crippen LogP contribution in [0.5, 0.6) is 0 Å². The summed E-state index contributed by atoms with van der Waals surface area (Å²) in [6, 6.07) is 1.63. The molecule has 134 valence electrons. The second kappa shape index (κ2) is 7.84. The smallest absolute Gasteiger partial charge is 0.410 e. The molecular weight excluding hydrogens is 290 g/mol. The Labute approximate surface area is 141 Å². The van der Waals surface area contributed by atoms with Crippen LogP contribution in [0.15, 0.2) is 0 Å².